The van der Waals surface area contributed by atoms with Crippen LogP contribution in [0.15, 0.2) is 19.0 Å². The van der Waals surface area contributed by atoms with Gasteiger partial charge in [-0.1, -0.05) is 18.2 Å². The van der Waals surface area contributed by atoms with E-state index in [2.05, 4.69) is 16.5 Å². The zero-order valence-electron chi connectivity index (χ0n) is 5.63. The fourth-order valence-corrected chi connectivity index (χ4v) is 0.695. The van der Waals surface area contributed by atoms with E-state index in [0.29, 0.717) is 5.15 Å². The maximum Gasteiger partial charge on any atom is 0.148 e. The topological polar surface area (TPSA) is 25.8 Å². The zero-order chi connectivity index (χ0) is 7.56. The second-order valence-electron chi connectivity index (χ2n) is 2.01. The molecule has 52 valence electrons. The van der Waals surface area contributed by atoms with Gasteiger partial charge in [0.1, 0.15) is 5.15 Å². The molecule has 0 fully saturated rings. The number of rotatable bonds is 1. The van der Waals surface area contributed by atoms with Crippen LogP contribution in [0.25, 0.3) is 5.57 Å². The Morgan fingerprint density at radius 3 is 2.70 bits per heavy atom. The van der Waals surface area contributed by atoms with Gasteiger partial charge in [0.25, 0.3) is 0 Å². The molecule has 0 aliphatic carbocycles. The van der Waals surface area contributed by atoms with Gasteiger partial charge in [0.2, 0.25) is 0 Å². The van der Waals surface area contributed by atoms with Crippen molar-refractivity contribution in [2.45, 2.75) is 6.92 Å². The SMILES string of the molecule is C=C(C)c1cncc(Cl)n1. The summed E-state index contributed by atoms with van der Waals surface area (Å²) in [6.07, 6.45) is 3.13. The first-order valence-corrected chi connectivity index (χ1v) is 3.21. The number of hydrogen-bond donors (Lipinski definition) is 0. The number of halogens is 1. The molecule has 1 aromatic rings. The van der Waals surface area contributed by atoms with Crippen LogP contribution in [0.4, 0.5) is 0 Å². The highest BCUT2D eigenvalue weighted by Crippen LogP contribution is 2.09. The van der Waals surface area contributed by atoms with Gasteiger partial charge >= 0.3 is 0 Å². The van der Waals surface area contributed by atoms with Crippen LogP contribution in [0.5, 0.6) is 0 Å². The molecule has 0 radical (unpaired) electrons. The van der Waals surface area contributed by atoms with E-state index in [0.717, 1.165) is 11.3 Å². The zero-order valence-corrected chi connectivity index (χ0v) is 6.39. The van der Waals surface area contributed by atoms with Crippen LogP contribution in [0.3, 0.4) is 0 Å². The summed E-state index contributed by atoms with van der Waals surface area (Å²) in [5.74, 6) is 0. The fraction of sp³-hybridized carbons (Fsp3) is 0.143. The summed E-state index contributed by atoms with van der Waals surface area (Å²) < 4.78 is 0. The van der Waals surface area contributed by atoms with Crippen molar-refractivity contribution >= 4 is 17.2 Å². The van der Waals surface area contributed by atoms with Crippen molar-refractivity contribution in [1.82, 2.24) is 9.97 Å². The van der Waals surface area contributed by atoms with E-state index >= 15 is 0 Å². The molecule has 0 aromatic carbocycles. The molecule has 0 saturated heterocycles. The third-order valence-electron chi connectivity index (χ3n) is 1.04. The highest BCUT2D eigenvalue weighted by Gasteiger charge is 1.94. The third kappa shape index (κ3) is 1.54. The molecule has 0 aliphatic rings. The molecule has 1 aromatic heterocycles. The monoisotopic (exact) mass is 154 g/mol. The summed E-state index contributed by atoms with van der Waals surface area (Å²) in [5.41, 5.74) is 1.61. The minimum Gasteiger partial charge on any atom is -0.259 e. The van der Waals surface area contributed by atoms with Gasteiger partial charge in [-0.3, -0.25) is 4.98 Å². The Morgan fingerprint density at radius 1 is 1.60 bits per heavy atom. The maximum absolute atomic E-state index is 5.57. The van der Waals surface area contributed by atoms with E-state index in [1.54, 1.807) is 6.20 Å². The second-order valence-corrected chi connectivity index (χ2v) is 2.39. The molecular weight excluding hydrogens is 148 g/mol. The van der Waals surface area contributed by atoms with Gasteiger partial charge in [-0.05, 0) is 12.5 Å². The lowest BCUT2D eigenvalue weighted by Crippen LogP contribution is -1.86. The van der Waals surface area contributed by atoms with Crippen LogP contribution in [-0.4, -0.2) is 9.97 Å². The molecule has 0 unspecified atom stereocenters. The molecule has 1 rings (SSSR count). The Labute approximate surface area is 64.6 Å². The Morgan fingerprint density at radius 2 is 2.30 bits per heavy atom. The van der Waals surface area contributed by atoms with Crippen molar-refractivity contribution < 1.29 is 0 Å². The predicted molar refractivity (Wildman–Crippen MR) is 41.8 cm³/mol. The van der Waals surface area contributed by atoms with E-state index in [4.69, 9.17) is 11.6 Å². The molecular formula is C7H7ClN2. The number of aromatic nitrogens is 2. The van der Waals surface area contributed by atoms with Crippen molar-refractivity contribution in [2.24, 2.45) is 0 Å². The maximum atomic E-state index is 5.57. The second kappa shape index (κ2) is 2.80. The molecule has 0 aliphatic heterocycles. The van der Waals surface area contributed by atoms with Gasteiger partial charge in [0.05, 0.1) is 18.1 Å². The van der Waals surface area contributed by atoms with Crippen LogP contribution in [0, 0.1) is 0 Å². The molecule has 10 heavy (non-hydrogen) atoms. The van der Waals surface area contributed by atoms with E-state index in [9.17, 15) is 0 Å². The van der Waals surface area contributed by atoms with E-state index in [-0.39, 0.29) is 0 Å². The van der Waals surface area contributed by atoms with Crippen molar-refractivity contribution in [2.75, 3.05) is 0 Å². The van der Waals surface area contributed by atoms with Crippen molar-refractivity contribution in [3.8, 4) is 0 Å². The molecule has 0 amide bonds. The molecule has 2 nitrogen and oxygen atoms in total. The Hall–Kier alpha value is -0.890. The van der Waals surface area contributed by atoms with Gasteiger partial charge in [-0.25, -0.2) is 4.98 Å². The fourth-order valence-electron chi connectivity index (χ4n) is 0.548. The van der Waals surface area contributed by atoms with Crippen LogP contribution in [0.1, 0.15) is 12.6 Å². The quantitative estimate of drug-likeness (QED) is 0.620. The summed E-state index contributed by atoms with van der Waals surface area (Å²) >= 11 is 5.57. The Bertz CT molecular complexity index is 258. The van der Waals surface area contributed by atoms with Gasteiger partial charge in [-0.15, -0.1) is 0 Å². The van der Waals surface area contributed by atoms with Crippen molar-refractivity contribution in [1.29, 1.82) is 0 Å². The molecule has 0 saturated carbocycles. The Kier molecular flexibility index (Phi) is 2.02. The van der Waals surface area contributed by atoms with E-state index < -0.39 is 0 Å². The lowest BCUT2D eigenvalue weighted by Gasteiger charge is -1.95. The van der Waals surface area contributed by atoms with Gasteiger partial charge in [0.15, 0.2) is 0 Å². The normalized spacial score (nSPS) is 9.40. The first-order chi connectivity index (χ1) is 4.70. The lowest BCUT2D eigenvalue weighted by molar-refractivity contribution is 1.16. The third-order valence-corrected chi connectivity index (χ3v) is 1.22. The highest BCUT2D eigenvalue weighted by molar-refractivity contribution is 6.29. The largest absolute Gasteiger partial charge is 0.259 e. The smallest absolute Gasteiger partial charge is 0.148 e. The average molecular weight is 155 g/mol. The van der Waals surface area contributed by atoms with Gasteiger partial charge in [-0.2, -0.15) is 0 Å². The lowest BCUT2D eigenvalue weighted by atomic mass is 10.3. The summed E-state index contributed by atoms with van der Waals surface area (Å²) in [6, 6.07) is 0. The van der Waals surface area contributed by atoms with Crippen LogP contribution in [-0.2, 0) is 0 Å². The standard InChI is InChI=1S/C7H7ClN2/c1-5(2)6-3-9-4-7(8)10-6/h3-4H,1H2,2H3. The average Bonchev–Trinajstić information content (AvgIpc) is 1.88. The van der Waals surface area contributed by atoms with Gasteiger partial charge in [0, 0.05) is 0 Å². The molecule has 0 N–H and O–H groups in total. The molecule has 1 heterocycles. The summed E-state index contributed by atoms with van der Waals surface area (Å²) in [6.45, 7) is 5.57. The van der Waals surface area contributed by atoms with Crippen LogP contribution >= 0.6 is 11.6 Å². The van der Waals surface area contributed by atoms with E-state index in [1.165, 1.54) is 6.20 Å². The molecule has 0 spiro atoms. The first kappa shape index (κ1) is 7.22. The number of hydrogen-bond acceptors (Lipinski definition) is 2. The number of nitrogens with zero attached hydrogens (tertiary/aromatic N) is 2. The van der Waals surface area contributed by atoms with Gasteiger partial charge < -0.3 is 0 Å². The molecule has 3 heteroatoms. The summed E-state index contributed by atoms with van der Waals surface area (Å²) in [5, 5.41) is 0.403. The van der Waals surface area contributed by atoms with Crippen LogP contribution in [0.2, 0.25) is 5.15 Å². The molecule has 0 bridgehead atoms. The highest BCUT2D eigenvalue weighted by atomic mass is 35.5. The number of allylic oxidation sites excluding steroid dienone is 1. The minimum absolute atomic E-state index is 0.403. The predicted octanol–water partition coefficient (Wildman–Crippen LogP) is 2.16. The van der Waals surface area contributed by atoms with E-state index in [1.807, 2.05) is 6.92 Å². The first-order valence-electron chi connectivity index (χ1n) is 2.83. The summed E-state index contributed by atoms with van der Waals surface area (Å²) in [7, 11) is 0. The van der Waals surface area contributed by atoms with Crippen molar-refractivity contribution in [3.05, 3.63) is 29.8 Å². The molecule has 0 atom stereocenters. The Balaban J connectivity index is 3.07. The minimum atomic E-state index is 0.403. The van der Waals surface area contributed by atoms with Crippen molar-refractivity contribution in [3.63, 3.8) is 0 Å². The van der Waals surface area contributed by atoms with Crippen LogP contribution < -0.4 is 0 Å². The summed E-state index contributed by atoms with van der Waals surface area (Å²) in [4.78, 5) is 7.83.